The Morgan fingerprint density at radius 3 is 2.78 bits per heavy atom. The van der Waals surface area contributed by atoms with Crippen molar-refractivity contribution in [3.8, 4) is 11.5 Å². The highest BCUT2D eigenvalue weighted by atomic mass is 79.9. The molecule has 1 aliphatic rings. The van der Waals surface area contributed by atoms with Crippen molar-refractivity contribution in [3.05, 3.63) is 22.7 Å². The molecule has 0 unspecified atom stereocenters. The molecule has 1 saturated carbocycles. The average Bonchev–Trinajstić information content (AvgIpc) is 3.20. The summed E-state index contributed by atoms with van der Waals surface area (Å²) in [4.78, 5) is 13.6. The van der Waals surface area contributed by atoms with E-state index < -0.39 is 0 Å². The highest BCUT2D eigenvalue weighted by molar-refractivity contribution is 9.10. The number of carbonyl (C=O) groups is 1. The highest BCUT2D eigenvalue weighted by Gasteiger charge is 2.29. The standard InChI is InChI=1S/C13H16BrNO3/c1-15(9-3-4-9)13(16)8-18-12-6-5-10(17-2)7-11(12)14/h5-7,9H,3-4,8H2,1-2H3. The van der Waals surface area contributed by atoms with Crippen molar-refractivity contribution in [2.24, 2.45) is 0 Å². The number of carbonyl (C=O) groups excluding carboxylic acids is 1. The van der Waals surface area contributed by atoms with Crippen molar-refractivity contribution in [2.45, 2.75) is 18.9 Å². The first-order chi connectivity index (χ1) is 8.61. The van der Waals surface area contributed by atoms with E-state index >= 15 is 0 Å². The van der Waals surface area contributed by atoms with Crippen LogP contribution in [0.25, 0.3) is 0 Å². The number of ether oxygens (including phenoxy) is 2. The van der Waals surface area contributed by atoms with Crippen LogP contribution in [-0.4, -0.2) is 37.6 Å². The van der Waals surface area contributed by atoms with Crippen LogP contribution in [0.3, 0.4) is 0 Å². The Labute approximate surface area is 115 Å². The van der Waals surface area contributed by atoms with Gasteiger partial charge in [-0.2, -0.15) is 0 Å². The predicted octanol–water partition coefficient (Wildman–Crippen LogP) is 2.46. The highest BCUT2D eigenvalue weighted by Crippen LogP contribution is 2.29. The van der Waals surface area contributed by atoms with Crippen molar-refractivity contribution in [2.75, 3.05) is 20.8 Å². The molecule has 1 amide bonds. The zero-order valence-corrected chi connectivity index (χ0v) is 12.1. The molecule has 0 aliphatic heterocycles. The fraction of sp³-hybridized carbons (Fsp3) is 0.462. The molecule has 5 heteroatoms. The van der Waals surface area contributed by atoms with Crippen LogP contribution in [-0.2, 0) is 4.79 Å². The van der Waals surface area contributed by atoms with Gasteiger partial charge in [-0.3, -0.25) is 4.79 Å². The summed E-state index contributed by atoms with van der Waals surface area (Å²) in [5.41, 5.74) is 0. The number of halogens is 1. The van der Waals surface area contributed by atoms with E-state index in [9.17, 15) is 4.79 Å². The summed E-state index contributed by atoms with van der Waals surface area (Å²) in [6, 6.07) is 5.81. The minimum Gasteiger partial charge on any atom is -0.497 e. The first-order valence-electron chi connectivity index (χ1n) is 5.84. The van der Waals surface area contributed by atoms with E-state index in [-0.39, 0.29) is 12.5 Å². The third kappa shape index (κ3) is 3.16. The van der Waals surface area contributed by atoms with Crippen molar-refractivity contribution >= 4 is 21.8 Å². The Bertz CT molecular complexity index is 446. The summed E-state index contributed by atoms with van der Waals surface area (Å²) in [6.45, 7) is 0.0674. The molecule has 0 bridgehead atoms. The van der Waals surface area contributed by atoms with Crippen LogP contribution in [0.15, 0.2) is 22.7 Å². The van der Waals surface area contributed by atoms with Crippen molar-refractivity contribution in [3.63, 3.8) is 0 Å². The van der Waals surface area contributed by atoms with Crippen molar-refractivity contribution in [1.82, 2.24) is 4.90 Å². The van der Waals surface area contributed by atoms with Gasteiger partial charge in [0.15, 0.2) is 6.61 Å². The van der Waals surface area contributed by atoms with Gasteiger partial charge in [0.25, 0.3) is 5.91 Å². The molecule has 98 valence electrons. The zero-order chi connectivity index (χ0) is 13.1. The van der Waals surface area contributed by atoms with Crippen LogP contribution >= 0.6 is 15.9 Å². The maximum Gasteiger partial charge on any atom is 0.260 e. The maximum absolute atomic E-state index is 11.8. The van der Waals surface area contributed by atoms with Crippen LogP contribution in [0.4, 0.5) is 0 Å². The number of nitrogens with zero attached hydrogens (tertiary/aromatic N) is 1. The van der Waals surface area contributed by atoms with Gasteiger partial charge in [-0.05, 0) is 47.0 Å². The van der Waals surface area contributed by atoms with Crippen LogP contribution in [0.2, 0.25) is 0 Å². The summed E-state index contributed by atoms with van der Waals surface area (Å²) in [5, 5.41) is 0. The molecule has 0 N–H and O–H groups in total. The second-order valence-electron chi connectivity index (χ2n) is 4.32. The van der Waals surface area contributed by atoms with Gasteiger partial charge < -0.3 is 14.4 Å². The normalized spacial score (nSPS) is 14.2. The molecular weight excluding hydrogens is 298 g/mol. The first kappa shape index (κ1) is 13.2. The van der Waals surface area contributed by atoms with E-state index in [0.717, 1.165) is 23.1 Å². The molecule has 2 rings (SSSR count). The number of hydrogen-bond acceptors (Lipinski definition) is 3. The molecule has 0 radical (unpaired) electrons. The van der Waals surface area contributed by atoms with Crippen molar-refractivity contribution < 1.29 is 14.3 Å². The minimum atomic E-state index is 0.0141. The maximum atomic E-state index is 11.8. The molecule has 1 aliphatic carbocycles. The van der Waals surface area contributed by atoms with Crippen LogP contribution in [0.5, 0.6) is 11.5 Å². The number of benzene rings is 1. The number of rotatable bonds is 5. The fourth-order valence-electron chi connectivity index (χ4n) is 1.63. The van der Waals surface area contributed by atoms with Gasteiger partial charge in [-0.15, -0.1) is 0 Å². The SMILES string of the molecule is COc1ccc(OCC(=O)N(C)C2CC2)c(Br)c1. The van der Waals surface area contributed by atoms with Gasteiger partial charge in [0.2, 0.25) is 0 Å². The average molecular weight is 314 g/mol. The van der Waals surface area contributed by atoms with E-state index in [1.165, 1.54) is 0 Å². The lowest BCUT2D eigenvalue weighted by atomic mass is 10.3. The van der Waals surface area contributed by atoms with Gasteiger partial charge in [0, 0.05) is 13.1 Å². The molecule has 0 heterocycles. The largest absolute Gasteiger partial charge is 0.497 e. The smallest absolute Gasteiger partial charge is 0.260 e. The third-order valence-corrected chi connectivity index (χ3v) is 3.60. The van der Waals surface area contributed by atoms with Gasteiger partial charge >= 0.3 is 0 Å². The van der Waals surface area contributed by atoms with Crippen LogP contribution < -0.4 is 9.47 Å². The fourth-order valence-corrected chi connectivity index (χ4v) is 2.10. The van der Waals surface area contributed by atoms with E-state index in [0.29, 0.717) is 11.8 Å². The molecule has 0 saturated heterocycles. The number of amides is 1. The molecular formula is C13H16BrNO3. The lowest BCUT2D eigenvalue weighted by Gasteiger charge is -2.17. The summed E-state index contributed by atoms with van der Waals surface area (Å²) in [7, 11) is 3.43. The van der Waals surface area contributed by atoms with Gasteiger partial charge in [-0.25, -0.2) is 0 Å². The Morgan fingerprint density at radius 2 is 2.22 bits per heavy atom. The lowest BCUT2D eigenvalue weighted by molar-refractivity contribution is -0.132. The lowest BCUT2D eigenvalue weighted by Crippen LogP contribution is -2.33. The summed E-state index contributed by atoms with van der Waals surface area (Å²) < 4.78 is 11.4. The van der Waals surface area contributed by atoms with E-state index in [1.807, 2.05) is 13.1 Å². The Hall–Kier alpha value is -1.23. The molecule has 1 aromatic rings. The Kier molecular flexibility index (Phi) is 4.11. The van der Waals surface area contributed by atoms with Gasteiger partial charge in [-0.1, -0.05) is 0 Å². The molecule has 0 spiro atoms. The Morgan fingerprint density at radius 1 is 1.50 bits per heavy atom. The van der Waals surface area contributed by atoms with Crippen LogP contribution in [0.1, 0.15) is 12.8 Å². The van der Waals surface area contributed by atoms with Crippen molar-refractivity contribution in [1.29, 1.82) is 0 Å². The van der Waals surface area contributed by atoms with Gasteiger partial charge in [0.1, 0.15) is 11.5 Å². The third-order valence-electron chi connectivity index (χ3n) is 2.98. The molecule has 1 aromatic carbocycles. The monoisotopic (exact) mass is 313 g/mol. The van der Waals surface area contributed by atoms with E-state index in [2.05, 4.69) is 15.9 Å². The molecule has 0 aromatic heterocycles. The molecule has 1 fully saturated rings. The topological polar surface area (TPSA) is 38.8 Å². The molecule has 0 atom stereocenters. The first-order valence-corrected chi connectivity index (χ1v) is 6.63. The second kappa shape index (κ2) is 5.61. The van der Waals surface area contributed by atoms with E-state index in [1.54, 1.807) is 24.1 Å². The molecule has 18 heavy (non-hydrogen) atoms. The number of methoxy groups -OCH3 is 1. The Balaban J connectivity index is 1.91. The quantitative estimate of drug-likeness (QED) is 0.838. The van der Waals surface area contributed by atoms with Crippen LogP contribution in [0, 0.1) is 0 Å². The van der Waals surface area contributed by atoms with E-state index in [4.69, 9.17) is 9.47 Å². The summed E-state index contributed by atoms with van der Waals surface area (Å²) in [6.07, 6.45) is 2.21. The number of likely N-dealkylation sites (N-methyl/N-ethyl adjacent to an activating group) is 1. The molecule has 4 nitrogen and oxygen atoms in total. The number of hydrogen-bond donors (Lipinski definition) is 0. The van der Waals surface area contributed by atoms with Gasteiger partial charge in [0.05, 0.1) is 11.6 Å². The predicted molar refractivity (Wildman–Crippen MR) is 72.0 cm³/mol. The summed E-state index contributed by atoms with van der Waals surface area (Å²) >= 11 is 3.39. The summed E-state index contributed by atoms with van der Waals surface area (Å²) in [5.74, 6) is 1.41. The second-order valence-corrected chi connectivity index (χ2v) is 5.18. The minimum absolute atomic E-state index is 0.0141. The zero-order valence-electron chi connectivity index (χ0n) is 10.5.